The van der Waals surface area contributed by atoms with E-state index in [0.29, 0.717) is 23.6 Å². The van der Waals surface area contributed by atoms with Crippen molar-refractivity contribution in [3.05, 3.63) is 92.5 Å². The molecule has 0 aromatic heterocycles. The second-order valence-corrected chi connectivity index (χ2v) is 6.95. The first-order valence-electron chi connectivity index (χ1n) is 10.3. The van der Waals surface area contributed by atoms with Gasteiger partial charge in [-0.3, -0.25) is 29.8 Å². The first-order chi connectivity index (χ1) is 17.3. The van der Waals surface area contributed by atoms with Crippen molar-refractivity contribution in [2.75, 3.05) is 11.9 Å². The first-order valence-corrected chi connectivity index (χ1v) is 10.3. The van der Waals surface area contributed by atoms with Gasteiger partial charge in [-0.15, -0.1) is 0 Å². The van der Waals surface area contributed by atoms with Crippen LogP contribution in [0.15, 0.2) is 71.8 Å². The predicted molar refractivity (Wildman–Crippen MR) is 128 cm³/mol. The number of amides is 2. The van der Waals surface area contributed by atoms with Crippen LogP contribution in [0.25, 0.3) is 0 Å². The van der Waals surface area contributed by atoms with Crippen molar-refractivity contribution in [3.63, 3.8) is 0 Å². The second kappa shape index (κ2) is 11.7. The molecule has 0 bridgehead atoms. The lowest BCUT2D eigenvalue weighted by atomic mass is 10.2. The fourth-order valence-electron chi connectivity index (χ4n) is 2.84. The van der Waals surface area contributed by atoms with E-state index in [2.05, 4.69) is 15.8 Å². The Morgan fingerprint density at radius 3 is 2.36 bits per heavy atom. The SMILES string of the molecule is CCOc1ccc(NC(=O)C(=O)NN=Cc2cccc(Oc3ccc([N+](=O)[O-])cc3[N+](=O)[O-])c2)cc1. The van der Waals surface area contributed by atoms with Gasteiger partial charge in [0.1, 0.15) is 11.5 Å². The maximum atomic E-state index is 12.0. The Morgan fingerprint density at radius 1 is 0.944 bits per heavy atom. The number of nitrogens with zero attached hydrogens (tertiary/aromatic N) is 3. The lowest BCUT2D eigenvalue weighted by Gasteiger charge is -2.07. The van der Waals surface area contributed by atoms with E-state index in [9.17, 15) is 29.8 Å². The summed E-state index contributed by atoms with van der Waals surface area (Å²) in [6, 6.07) is 15.6. The van der Waals surface area contributed by atoms with Crippen LogP contribution in [0.2, 0.25) is 0 Å². The summed E-state index contributed by atoms with van der Waals surface area (Å²) >= 11 is 0. The molecule has 184 valence electrons. The number of hydrogen-bond donors (Lipinski definition) is 2. The number of ether oxygens (including phenoxy) is 2. The number of nitro groups is 2. The number of nitro benzene ring substituents is 2. The number of nitrogens with one attached hydrogen (secondary N) is 2. The van der Waals surface area contributed by atoms with Gasteiger partial charge in [0.2, 0.25) is 5.75 Å². The van der Waals surface area contributed by atoms with E-state index in [1.165, 1.54) is 18.3 Å². The molecule has 0 aliphatic heterocycles. The third kappa shape index (κ3) is 6.84. The quantitative estimate of drug-likeness (QED) is 0.196. The smallest absolute Gasteiger partial charge is 0.329 e. The number of carbonyl (C=O) groups excluding carboxylic acids is 2. The maximum Gasteiger partial charge on any atom is 0.329 e. The van der Waals surface area contributed by atoms with Crippen LogP contribution in [0, 0.1) is 20.2 Å². The van der Waals surface area contributed by atoms with E-state index >= 15 is 0 Å². The van der Waals surface area contributed by atoms with Gasteiger partial charge in [-0.05, 0) is 55.0 Å². The van der Waals surface area contributed by atoms with E-state index in [1.54, 1.807) is 36.4 Å². The monoisotopic (exact) mass is 493 g/mol. The Hall–Kier alpha value is -5.33. The second-order valence-electron chi connectivity index (χ2n) is 6.95. The summed E-state index contributed by atoms with van der Waals surface area (Å²) in [5, 5.41) is 28.3. The van der Waals surface area contributed by atoms with E-state index in [0.717, 1.165) is 18.2 Å². The molecule has 13 nitrogen and oxygen atoms in total. The molecule has 3 rings (SSSR count). The highest BCUT2D eigenvalue weighted by atomic mass is 16.6. The van der Waals surface area contributed by atoms with Gasteiger partial charge in [0.15, 0.2) is 0 Å². The Labute approximate surface area is 203 Å². The molecule has 0 radical (unpaired) electrons. The zero-order chi connectivity index (χ0) is 26.1. The van der Waals surface area contributed by atoms with Gasteiger partial charge in [0.25, 0.3) is 5.69 Å². The number of anilines is 1. The Balaban J connectivity index is 1.61. The molecule has 0 fully saturated rings. The van der Waals surface area contributed by atoms with Crippen LogP contribution >= 0.6 is 0 Å². The average Bonchev–Trinajstić information content (AvgIpc) is 2.85. The summed E-state index contributed by atoms with van der Waals surface area (Å²) in [6.45, 7) is 2.34. The zero-order valence-corrected chi connectivity index (χ0v) is 18.7. The van der Waals surface area contributed by atoms with Crippen molar-refractivity contribution in [2.45, 2.75) is 6.92 Å². The Bertz CT molecular complexity index is 1320. The van der Waals surface area contributed by atoms with E-state index in [4.69, 9.17) is 9.47 Å². The number of rotatable bonds is 9. The molecule has 0 atom stereocenters. The molecule has 13 heteroatoms. The van der Waals surface area contributed by atoms with E-state index < -0.39 is 33.0 Å². The van der Waals surface area contributed by atoms with E-state index in [1.807, 2.05) is 6.92 Å². The molecule has 2 amide bonds. The number of hydrazone groups is 1. The first kappa shape index (κ1) is 25.3. The highest BCUT2D eigenvalue weighted by Crippen LogP contribution is 2.34. The zero-order valence-electron chi connectivity index (χ0n) is 18.7. The van der Waals surface area contributed by atoms with Crippen molar-refractivity contribution >= 4 is 35.1 Å². The molecule has 0 aliphatic rings. The summed E-state index contributed by atoms with van der Waals surface area (Å²) in [5.41, 5.74) is 1.90. The Kier molecular flexibility index (Phi) is 8.22. The van der Waals surface area contributed by atoms with Crippen molar-refractivity contribution in [1.29, 1.82) is 0 Å². The van der Waals surface area contributed by atoms with Gasteiger partial charge in [-0.25, -0.2) is 5.43 Å². The largest absolute Gasteiger partial charge is 0.494 e. The molecule has 0 saturated heterocycles. The predicted octanol–water partition coefficient (Wildman–Crippen LogP) is 3.78. The third-order valence-electron chi connectivity index (χ3n) is 4.45. The Morgan fingerprint density at radius 2 is 1.69 bits per heavy atom. The van der Waals surface area contributed by atoms with Crippen LogP contribution in [-0.2, 0) is 9.59 Å². The van der Waals surface area contributed by atoms with Crippen molar-refractivity contribution in [1.82, 2.24) is 5.43 Å². The summed E-state index contributed by atoms with van der Waals surface area (Å²) in [7, 11) is 0. The van der Waals surface area contributed by atoms with Crippen LogP contribution < -0.4 is 20.2 Å². The van der Waals surface area contributed by atoms with Crippen molar-refractivity contribution < 1.29 is 28.9 Å². The minimum absolute atomic E-state index is 0.176. The van der Waals surface area contributed by atoms with Crippen LogP contribution in [-0.4, -0.2) is 34.5 Å². The van der Waals surface area contributed by atoms with Gasteiger partial charge < -0.3 is 14.8 Å². The fraction of sp³-hybridized carbons (Fsp3) is 0.0870. The molecular weight excluding hydrogens is 474 g/mol. The molecule has 0 heterocycles. The standard InChI is InChI=1S/C23H19N5O8/c1-2-35-18-9-6-16(7-10-18)25-22(29)23(30)26-24-14-15-4-3-5-19(12-15)36-21-11-8-17(27(31)32)13-20(21)28(33)34/h3-14H,2H2,1H3,(H,25,29)(H,26,30). The minimum atomic E-state index is -1.01. The van der Waals surface area contributed by atoms with Gasteiger partial charge >= 0.3 is 17.5 Å². The molecular formula is C23H19N5O8. The molecule has 0 spiro atoms. The van der Waals surface area contributed by atoms with Crippen molar-refractivity contribution in [2.24, 2.45) is 5.10 Å². The fourth-order valence-corrected chi connectivity index (χ4v) is 2.84. The summed E-state index contributed by atoms with van der Waals surface area (Å²) in [5.74, 6) is -1.33. The van der Waals surface area contributed by atoms with Gasteiger partial charge in [-0.1, -0.05) is 12.1 Å². The number of carbonyl (C=O) groups is 2. The lowest BCUT2D eigenvalue weighted by Crippen LogP contribution is -2.32. The number of non-ortho nitro benzene ring substituents is 1. The summed E-state index contributed by atoms with van der Waals surface area (Å²) in [4.78, 5) is 44.6. The van der Waals surface area contributed by atoms with Crippen molar-refractivity contribution in [3.8, 4) is 17.2 Å². The van der Waals surface area contributed by atoms with Gasteiger partial charge in [0, 0.05) is 11.8 Å². The van der Waals surface area contributed by atoms with E-state index in [-0.39, 0.29) is 11.5 Å². The number of hydrogen-bond acceptors (Lipinski definition) is 9. The molecule has 36 heavy (non-hydrogen) atoms. The average molecular weight is 493 g/mol. The highest BCUT2D eigenvalue weighted by Gasteiger charge is 2.21. The third-order valence-corrected chi connectivity index (χ3v) is 4.45. The highest BCUT2D eigenvalue weighted by molar-refractivity contribution is 6.39. The molecule has 0 aliphatic carbocycles. The van der Waals surface area contributed by atoms with Crippen LogP contribution in [0.4, 0.5) is 17.1 Å². The normalized spacial score (nSPS) is 10.5. The summed E-state index contributed by atoms with van der Waals surface area (Å²) < 4.78 is 10.8. The van der Waals surface area contributed by atoms with Crippen LogP contribution in [0.3, 0.4) is 0 Å². The lowest BCUT2D eigenvalue weighted by molar-refractivity contribution is -0.394. The minimum Gasteiger partial charge on any atom is -0.494 e. The molecule has 0 saturated carbocycles. The maximum absolute atomic E-state index is 12.0. The van der Waals surface area contributed by atoms with Gasteiger partial charge in [0.05, 0.1) is 28.7 Å². The topological polar surface area (TPSA) is 175 Å². The summed E-state index contributed by atoms with van der Waals surface area (Å²) in [6.07, 6.45) is 1.24. The molecule has 2 N–H and O–H groups in total. The molecule has 0 unspecified atom stereocenters. The molecule has 3 aromatic carbocycles. The van der Waals surface area contributed by atoms with Gasteiger partial charge in [-0.2, -0.15) is 5.10 Å². The van der Waals surface area contributed by atoms with Crippen LogP contribution in [0.5, 0.6) is 17.2 Å². The molecule has 3 aromatic rings. The van der Waals surface area contributed by atoms with Crippen LogP contribution in [0.1, 0.15) is 12.5 Å². The number of benzene rings is 3.